The zero-order valence-electron chi connectivity index (χ0n) is 13.0. The molecule has 1 fully saturated rings. The number of benzene rings is 1. The Kier molecular flexibility index (Phi) is 3.33. The van der Waals surface area contributed by atoms with Crippen LogP contribution < -0.4 is 0 Å². The Morgan fingerprint density at radius 3 is 2.96 bits per heavy atom. The summed E-state index contributed by atoms with van der Waals surface area (Å²) in [6, 6.07) is 10.3. The van der Waals surface area contributed by atoms with Crippen LogP contribution in [-0.2, 0) is 0 Å². The largest absolute Gasteiger partial charge is 0.330 e. The number of aryl methyl sites for hydroxylation is 1. The predicted molar refractivity (Wildman–Crippen MR) is 87.2 cm³/mol. The molecule has 3 aromatic rings. The molecule has 0 bridgehead atoms. The second kappa shape index (κ2) is 5.50. The molecule has 1 aliphatic rings. The van der Waals surface area contributed by atoms with Crippen molar-refractivity contribution < 1.29 is 4.79 Å². The average molecular weight is 306 g/mol. The van der Waals surface area contributed by atoms with Gasteiger partial charge in [-0.3, -0.25) is 9.20 Å². The summed E-state index contributed by atoms with van der Waals surface area (Å²) < 4.78 is 1.78. The van der Waals surface area contributed by atoms with E-state index in [0.717, 1.165) is 19.4 Å². The minimum absolute atomic E-state index is 0.0127. The van der Waals surface area contributed by atoms with Crippen LogP contribution in [0.5, 0.6) is 0 Å². The van der Waals surface area contributed by atoms with E-state index in [9.17, 15) is 4.79 Å². The lowest BCUT2D eigenvalue weighted by Crippen LogP contribution is -2.31. The molecule has 4 rings (SSSR count). The van der Waals surface area contributed by atoms with Crippen LogP contribution in [0.3, 0.4) is 0 Å². The van der Waals surface area contributed by atoms with Crippen molar-refractivity contribution in [3.05, 3.63) is 65.7 Å². The first-order chi connectivity index (χ1) is 11.2. The van der Waals surface area contributed by atoms with Gasteiger partial charge in [0.1, 0.15) is 5.69 Å². The standard InChI is InChI=1S/C18H18N4O/c1-13-6-2-3-7-14(13)16-8-4-11-22(16)17(23)15-12-21-10-5-9-19-18(21)20-15/h2-3,5-7,9-10,12,16H,4,8,11H2,1H3. The predicted octanol–water partition coefficient (Wildman–Crippen LogP) is 3.02. The molecule has 1 aromatic carbocycles. The van der Waals surface area contributed by atoms with Gasteiger partial charge in [-0.15, -0.1) is 0 Å². The molecule has 0 radical (unpaired) electrons. The highest BCUT2D eigenvalue weighted by atomic mass is 16.2. The lowest BCUT2D eigenvalue weighted by atomic mass is 9.99. The third-order valence-electron chi connectivity index (χ3n) is 4.52. The summed E-state index contributed by atoms with van der Waals surface area (Å²) in [6.07, 6.45) is 7.33. The van der Waals surface area contributed by atoms with E-state index in [2.05, 4.69) is 29.0 Å². The van der Waals surface area contributed by atoms with Crippen molar-refractivity contribution in [2.45, 2.75) is 25.8 Å². The fourth-order valence-corrected chi connectivity index (χ4v) is 3.37. The number of fused-ring (bicyclic) bond motifs is 1. The van der Waals surface area contributed by atoms with Crippen LogP contribution in [0.2, 0.25) is 0 Å². The van der Waals surface area contributed by atoms with Crippen molar-refractivity contribution in [1.82, 2.24) is 19.3 Å². The number of rotatable bonds is 2. The van der Waals surface area contributed by atoms with Gasteiger partial charge in [-0.1, -0.05) is 24.3 Å². The maximum Gasteiger partial charge on any atom is 0.274 e. The molecular weight excluding hydrogens is 288 g/mol. The number of carbonyl (C=O) groups excluding carboxylic acids is 1. The van der Waals surface area contributed by atoms with Crippen LogP contribution >= 0.6 is 0 Å². The molecule has 5 heteroatoms. The zero-order valence-corrected chi connectivity index (χ0v) is 13.0. The van der Waals surface area contributed by atoms with Gasteiger partial charge in [0.25, 0.3) is 5.91 Å². The van der Waals surface area contributed by atoms with Gasteiger partial charge in [0, 0.05) is 25.1 Å². The second-order valence-corrected chi connectivity index (χ2v) is 5.97. The Hall–Kier alpha value is -2.69. The van der Waals surface area contributed by atoms with Crippen LogP contribution in [-0.4, -0.2) is 31.7 Å². The van der Waals surface area contributed by atoms with E-state index < -0.39 is 0 Å². The molecule has 2 aromatic heterocycles. The number of likely N-dealkylation sites (tertiary alicyclic amines) is 1. The molecule has 116 valence electrons. The number of imidazole rings is 1. The Labute approximate surface area is 134 Å². The number of aromatic nitrogens is 3. The fraction of sp³-hybridized carbons (Fsp3) is 0.278. The quantitative estimate of drug-likeness (QED) is 0.731. The lowest BCUT2D eigenvalue weighted by Gasteiger charge is -2.25. The second-order valence-electron chi connectivity index (χ2n) is 5.97. The zero-order chi connectivity index (χ0) is 15.8. The molecule has 1 aliphatic heterocycles. The summed E-state index contributed by atoms with van der Waals surface area (Å²) in [5.41, 5.74) is 2.93. The van der Waals surface area contributed by atoms with Crippen LogP contribution in [0.25, 0.3) is 5.78 Å². The van der Waals surface area contributed by atoms with Gasteiger partial charge >= 0.3 is 0 Å². The Morgan fingerprint density at radius 2 is 2.13 bits per heavy atom. The van der Waals surface area contributed by atoms with E-state index >= 15 is 0 Å². The van der Waals surface area contributed by atoms with Crippen molar-refractivity contribution in [3.63, 3.8) is 0 Å². The maximum absolute atomic E-state index is 12.9. The van der Waals surface area contributed by atoms with E-state index in [1.807, 2.05) is 29.3 Å². The molecule has 1 unspecified atom stereocenters. The molecule has 1 atom stereocenters. The minimum Gasteiger partial charge on any atom is -0.330 e. The van der Waals surface area contributed by atoms with Crippen molar-refractivity contribution in [1.29, 1.82) is 0 Å². The van der Waals surface area contributed by atoms with Gasteiger partial charge in [-0.2, -0.15) is 0 Å². The number of amides is 1. The summed E-state index contributed by atoms with van der Waals surface area (Å²) >= 11 is 0. The Balaban J connectivity index is 1.68. The monoisotopic (exact) mass is 306 g/mol. The van der Waals surface area contributed by atoms with E-state index in [-0.39, 0.29) is 11.9 Å². The molecule has 23 heavy (non-hydrogen) atoms. The molecule has 0 aliphatic carbocycles. The molecule has 0 N–H and O–H groups in total. The van der Waals surface area contributed by atoms with Gasteiger partial charge < -0.3 is 4.90 Å². The summed E-state index contributed by atoms with van der Waals surface area (Å²) in [5, 5.41) is 0. The SMILES string of the molecule is Cc1ccccc1C1CCCN1C(=O)c1cn2cccnc2n1. The van der Waals surface area contributed by atoms with Crippen molar-refractivity contribution in [3.8, 4) is 0 Å². The van der Waals surface area contributed by atoms with Crippen LogP contribution in [0.4, 0.5) is 0 Å². The highest BCUT2D eigenvalue weighted by molar-refractivity contribution is 5.93. The van der Waals surface area contributed by atoms with E-state index in [4.69, 9.17) is 0 Å². The first-order valence-corrected chi connectivity index (χ1v) is 7.90. The van der Waals surface area contributed by atoms with E-state index in [0.29, 0.717) is 11.5 Å². The normalized spacial score (nSPS) is 17.8. The van der Waals surface area contributed by atoms with Gasteiger partial charge in [-0.05, 0) is 37.0 Å². The molecule has 0 spiro atoms. The molecule has 1 saturated heterocycles. The molecule has 0 saturated carbocycles. The van der Waals surface area contributed by atoms with Gasteiger partial charge in [0.2, 0.25) is 5.78 Å². The summed E-state index contributed by atoms with van der Waals surface area (Å²) in [6.45, 7) is 2.88. The van der Waals surface area contributed by atoms with Crippen LogP contribution in [0, 0.1) is 6.92 Å². The third-order valence-corrected chi connectivity index (χ3v) is 4.52. The number of carbonyl (C=O) groups is 1. The minimum atomic E-state index is -0.0127. The highest BCUT2D eigenvalue weighted by Gasteiger charge is 2.32. The Bertz CT molecular complexity index is 837. The van der Waals surface area contributed by atoms with E-state index in [1.165, 1.54) is 11.1 Å². The molecular formula is C18H18N4O. The smallest absolute Gasteiger partial charge is 0.274 e. The summed E-state index contributed by atoms with van der Waals surface area (Å²) in [5.74, 6) is 0.545. The van der Waals surface area contributed by atoms with E-state index in [1.54, 1.807) is 16.8 Å². The molecule has 1 amide bonds. The van der Waals surface area contributed by atoms with Crippen molar-refractivity contribution in [2.24, 2.45) is 0 Å². The number of nitrogens with zero attached hydrogens (tertiary/aromatic N) is 4. The highest BCUT2D eigenvalue weighted by Crippen LogP contribution is 2.34. The van der Waals surface area contributed by atoms with Gasteiger partial charge in [0.15, 0.2) is 0 Å². The van der Waals surface area contributed by atoms with Gasteiger partial charge in [0.05, 0.1) is 6.04 Å². The first kappa shape index (κ1) is 13.9. The summed E-state index contributed by atoms with van der Waals surface area (Å²) in [4.78, 5) is 23.4. The Morgan fingerprint density at radius 1 is 1.26 bits per heavy atom. The molecule has 5 nitrogen and oxygen atoms in total. The maximum atomic E-state index is 12.9. The van der Waals surface area contributed by atoms with Crippen LogP contribution in [0.15, 0.2) is 48.9 Å². The summed E-state index contributed by atoms with van der Waals surface area (Å²) in [7, 11) is 0. The number of hydrogen-bond donors (Lipinski definition) is 0. The van der Waals surface area contributed by atoms with Gasteiger partial charge in [-0.25, -0.2) is 9.97 Å². The number of hydrogen-bond acceptors (Lipinski definition) is 3. The lowest BCUT2D eigenvalue weighted by molar-refractivity contribution is 0.0730. The topological polar surface area (TPSA) is 50.5 Å². The molecule has 3 heterocycles. The van der Waals surface area contributed by atoms with Crippen molar-refractivity contribution >= 4 is 11.7 Å². The fourth-order valence-electron chi connectivity index (χ4n) is 3.37. The average Bonchev–Trinajstić information content (AvgIpc) is 3.21. The van der Waals surface area contributed by atoms with Crippen molar-refractivity contribution in [2.75, 3.05) is 6.54 Å². The van der Waals surface area contributed by atoms with Crippen LogP contribution in [0.1, 0.15) is 40.5 Å². The first-order valence-electron chi connectivity index (χ1n) is 7.90. The third kappa shape index (κ3) is 2.38.